The second-order valence-corrected chi connectivity index (χ2v) is 7.43. The number of aromatic nitrogens is 3. The molecular formula is C17H25F3N4O2. The van der Waals surface area contributed by atoms with Gasteiger partial charge in [-0.25, -0.2) is 9.48 Å². The summed E-state index contributed by atoms with van der Waals surface area (Å²) in [5.74, 6) is -0.597. The average Bonchev–Trinajstić information content (AvgIpc) is 2.91. The van der Waals surface area contributed by atoms with Crippen LogP contribution >= 0.6 is 0 Å². The Morgan fingerprint density at radius 1 is 1.12 bits per heavy atom. The van der Waals surface area contributed by atoms with E-state index >= 15 is 0 Å². The topological polar surface area (TPSA) is 60.1 Å². The quantitative estimate of drug-likeness (QED) is 0.817. The Morgan fingerprint density at radius 3 is 2.27 bits per heavy atom. The third-order valence-corrected chi connectivity index (χ3v) is 5.61. The molecule has 6 nitrogen and oxygen atoms in total. The zero-order chi connectivity index (χ0) is 18.9. The minimum atomic E-state index is -4.66. The summed E-state index contributed by atoms with van der Waals surface area (Å²) in [7, 11) is 1.08. The largest absolute Gasteiger partial charge is 0.451 e. The molecule has 2 heterocycles. The van der Waals surface area contributed by atoms with Gasteiger partial charge in [0.2, 0.25) is 11.7 Å². The molecule has 1 saturated heterocycles. The van der Waals surface area contributed by atoms with E-state index in [0.717, 1.165) is 24.6 Å². The fourth-order valence-electron chi connectivity index (χ4n) is 4.07. The Hall–Kier alpha value is -1.80. The number of halogens is 3. The van der Waals surface area contributed by atoms with E-state index in [0.29, 0.717) is 42.8 Å². The van der Waals surface area contributed by atoms with Crippen molar-refractivity contribution in [2.24, 2.45) is 13.0 Å². The maximum atomic E-state index is 12.9. The zero-order valence-electron chi connectivity index (χ0n) is 15.0. The van der Waals surface area contributed by atoms with E-state index in [-0.39, 0.29) is 5.91 Å². The minimum Gasteiger partial charge on any atom is -0.343 e. The highest BCUT2D eigenvalue weighted by Crippen LogP contribution is 2.30. The molecule has 146 valence electrons. The molecule has 1 saturated carbocycles. The van der Waals surface area contributed by atoms with Gasteiger partial charge in [-0.2, -0.15) is 13.2 Å². The van der Waals surface area contributed by atoms with Crippen LogP contribution in [0.4, 0.5) is 13.2 Å². The molecule has 1 aliphatic carbocycles. The molecule has 9 heteroatoms. The summed E-state index contributed by atoms with van der Waals surface area (Å²) in [4.78, 5) is 26.3. The van der Waals surface area contributed by atoms with Gasteiger partial charge >= 0.3 is 11.9 Å². The van der Waals surface area contributed by atoms with Crippen LogP contribution in [0.1, 0.15) is 63.2 Å². The lowest BCUT2D eigenvalue weighted by atomic mass is 9.86. The van der Waals surface area contributed by atoms with Crippen molar-refractivity contribution in [1.29, 1.82) is 0 Å². The second kappa shape index (κ2) is 7.44. The van der Waals surface area contributed by atoms with Gasteiger partial charge in [-0.3, -0.25) is 9.36 Å². The molecular weight excluding hydrogens is 349 g/mol. The van der Waals surface area contributed by atoms with Gasteiger partial charge in [0, 0.05) is 26.6 Å². The molecule has 0 radical (unpaired) electrons. The summed E-state index contributed by atoms with van der Waals surface area (Å²) in [5, 5.41) is 3.51. The van der Waals surface area contributed by atoms with E-state index in [9.17, 15) is 22.8 Å². The number of hydrogen-bond acceptors (Lipinski definition) is 3. The molecule has 0 bridgehead atoms. The molecule has 26 heavy (non-hydrogen) atoms. The lowest BCUT2D eigenvalue weighted by Gasteiger charge is -2.33. The predicted octanol–water partition coefficient (Wildman–Crippen LogP) is 2.73. The maximum absolute atomic E-state index is 12.9. The van der Waals surface area contributed by atoms with Gasteiger partial charge in [0.05, 0.1) is 6.04 Å². The van der Waals surface area contributed by atoms with Crippen molar-refractivity contribution in [3.63, 3.8) is 0 Å². The van der Waals surface area contributed by atoms with Crippen LogP contribution in [0.5, 0.6) is 0 Å². The van der Waals surface area contributed by atoms with Gasteiger partial charge in [-0.15, -0.1) is 5.10 Å². The normalized spacial score (nSPS) is 20.5. The van der Waals surface area contributed by atoms with E-state index < -0.39 is 23.7 Å². The Bertz CT molecular complexity index is 696. The molecule has 1 amide bonds. The van der Waals surface area contributed by atoms with Gasteiger partial charge in [-0.05, 0) is 31.6 Å². The Morgan fingerprint density at radius 2 is 1.73 bits per heavy atom. The molecule has 0 atom stereocenters. The molecule has 1 aromatic rings. The first kappa shape index (κ1) is 19.0. The molecule has 1 aromatic heterocycles. The van der Waals surface area contributed by atoms with Crippen LogP contribution in [0.2, 0.25) is 0 Å². The summed E-state index contributed by atoms with van der Waals surface area (Å²) in [6.07, 6.45) is 2.62. The van der Waals surface area contributed by atoms with E-state index in [2.05, 4.69) is 5.10 Å². The molecule has 0 unspecified atom stereocenters. The number of carbonyl (C=O) groups is 1. The number of nitrogens with zero attached hydrogens (tertiary/aromatic N) is 4. The van der Waals surface area contributed by atoms with E-state index in [1.54, 1.807) is 4.90 Å². The molecule has 2 aliphatic rings. The van der Waals surface area contributed by atoms with Gasteiger partial charge < -0.3 is 4.90 Å². The van der Waals surface area contributed by atoms with Crippen LogP contribution in [-0.2, 0) is 18.0 Å². The summed E-state index contributed by atoms with van der Waals surface area (Å²) >= 11 is 0. The smallest absolute Gasteiger partial charge is 0.343 e. The molecule has 0 spiro atoms. The fraction of sp³-hybridized carbons (Fsp3) is 0.824. The number of carbonyl (C=O) groups excluding carboxylic acids is 1. The summed E-state index contributed by atoms with van der Waals surface area (Å²) in [6, 6.07) is -0.400. The minimum absolute atomic E-state index is 0.125. The highest BCUT2D eigenvalue weighted by atomic mass is 19.4. The van der Waals surface area contributed by atoms with Crippen LogP contribution in [-0.4, -0.2) is 38.2 Å². The van der Waals surface area contributed by atoms with Crippen LogP contribution in [0.3, 0.4) is 0 Å². The summed E-state index contributed by atoms with van der Waals surface area (Å²) in [6.45, 7) is 0.918. The van der Waals surface area contributed by atoms with Crippen molar-refractivity contribution in [3.05, 3.63) is 16.3 Å². The summed E-state index contributed by atoms with van der Waals surface area (Å²) in [5.41, 5.74) is -0.760. The van der Waals surface area contributed by atoms with Gasteiger partial charge in [0.25, 0.3) is 0 Å². The average molecular weight is 374 g/mol. The molecule has 2 fully saturated rings. The molecule has 3 rings (SSSR count). The van der Waals surface area contributed by atoms with Crippen LogP contribution in [0, 0.1) is 5.92 Å². The second-order valence-electron chi connectivity index (χ2n) is 7.43. The molecule has 0 N–H and O–H groups in total. The third-order valence-electron chi connectivity index (χ3n) is 5.61. The zero-order valence-corrected chi connectivity index (χ0v) is 15.0. The first-order valence-electron chi connectivity index (χ1n) is 9.28. The van der Waals surface area contributed by atoms with Crippen molar-refractivity contribution >= 4 is 5.91 Å². The van der Waals surface area contributed by atoms with Crippen LogP contribution < -0.4 is 5.69 Å². The Kier molecular flexibility index (Phi) is 5.43. The van der Waals surface area contributed by atoms with E-state index in [1.807, 2.05) is 0 Å². The summed E-state index contributed by atoms with van der Waals surface area (Å²) < 4.78 is 40.2. The third kappa shape index (κ3) is 3.96. The first-order chi connectivity index (χ1) is 12.3. The Labute approximate surface area is 150 Å². The first-order valence-corrected chi connectivity index (χ1v) is 9.28. The number of amides is 1. The van der Waals surface area contributed by atoms with Crippen molar-refractivity contribution in [2.45, 2.75) is 63.6 Å². The fourth-order valence-corrected chi connectivity index (χ4v) is 4.07. The standard InChI is InChI=1S/C17H25F3N4O2/c1-22-15(17(18,19)20)21-24(16(22)26)13-7-9-23(10-8-13)14(25)11-12-5-3-2-4-6-12/h12-13H,2-11H2,1H3. The monoisotopic (exact) mass is 374 g/mol. The highest BCUT2D eigenvalue weighted by molar-refractivity contribution is 5.76. The molecule has 1 aliphatic heterocycles. The van der Waals surface area contributed by atoms with Crippen LogP contribution in [0.15, 0.2) is 4.79 Å². The van der Waals surface area contributed by atoms with Crippen LogP contribution in [0.25, 0.3) is 0 Å². The molecule has 0 aromatic carbocycles. The lowest BCUT2D eigenvalue weighted by molar-refractivity contribution is -0.147. The lowest BCUT2D eigenvalue weighted by Crippen LogP contribution is -2.41. The SMILES string of the molecule is Cn1c(C(F)(F)F)nn(C2CCN(C(=O)CC3CCCCC3)CC2)c1=O. The van der Waals surface area contributed by atoms with E-state index in [1.165, 1.54) is 19.3 Å². The number of alkyl halides is 3. The van der Waals surface area contributed by atoms with Crippen molar-refractivity contribution in [3.8, 4) is 0 Å². The van der Waals surface area contributed by atoms with E-state index in [4.69, 9.17) is 0 Å². The highest BCUT2D eigenvalue weighted by Gasteiger charge is 2.39. The van der Waals surface area contributed by atoms with Crippen molar-refractivity contribution < 1.29 is 18.0 Å². The number of hydrogen-bond donors (Lipinski definition) is 0. The Balaban J connectivity index is 1.60. The van der Waals surface area contributed by atoms with Gasteiger partial charge in [0.15, 0.2) is 0 Å². The van der Waals surface area contributed by atoms with Gasteiger partial charge in [0.1, 0.15) is 0 Å². The number of piperidine rings is 1. The van der Waals surface area contributed by atoms with Crippen molar-refractivity contribution in [1.82, 2.24) is 19.2 Å². The van der Waals surface area contributed by atoms with Gasteiger partial charge in [-0.1, -0.05) is 19.3 Å². The predicted molar refractivity (Wildman–Crippen MR) is 88.5 cm³/mol. The van der Waals surface area contributed by atoms with Crippen molar-refractivity contribution in [2.75, 3.05) is 13.1 Å². The number of rotatable bonds is 3. The number of likely N-dealkylation sites (tertiary alicyclic amines) is 1. The maximum Gasteiger partial charge on any atom is 0.451 e.